The number of anilines is 1. The minimum atomic E-state index is -0.684. The van der Waals surface area contributed by atoms with E-state index >= 15 is 0 Å². The summed E-state index contributed by atoms with van der Waals surface area (Å²) in [6.07, 6.45) is 0.582. The second-order valence-corrected chi connectivity index (χ2v) is 11.0. The lowest BCUT2D eigenvalue weighted by molar-refractivity contribution is -0.118. The largest absolute Gasteiger partial charge is 0.493 e. The lowest BCUT2D eigenvalue weighted by Crippen LogP contribution is -2.37. The first kappa shape index (κ1) is 30.9. The quantitative estimate of drug-likeness (QED) is 0.337. The molecule has 0 radical (unpaired) electrons. The summed E-state index contributed by atoms with van der Waals surface area (Å²) in [5.74, 6) is -1.45. The zero-order valence-electron chi connectivity index (χ0n) is 23.8. The van der Waals surface area contributed by atoms with E-state index in [-0.39, 0.29) is 53.1 Å². The molecule has 9 nitrogen and oxygen atoms in total. The SMILES string of the molecule is CCOc1cc(F)c(Cl)cc1C(=O)NCC(C)(C)CC(=O)Nc1c(CCN(C)C)n(C)n(-c2ccccc2)c1=O. The van der Waals surface area contributed by atoms with Crippen LogP contribution in [-0.4, -0.2) is 59.9 Å². The second-order valence-electron chi connectivity index (χ2n) is 10.6. The number of para-hydroxylation sites is 1. The van der Waals surface area contributed by atoms with E-state index < -0.39 is 17.1 Å². The third-order valence-corrected chi connectivity index (χ3v) is 6.67. The van der Waals surface area contributed by atoms with Gasteiger partial charge in [0.2, 0.25) is 5.91 Å². The van der Waals surface area contributed by atoms with Crippen LogP contribution in [-0.2, 0) is 18.3 Å². The fourth-order valence-corrected chi connectivity index (χ4v) is 4.49. The summed E-state index contributed by atoms with van der Waals surface area (Å²) in [4.78, 5) is 41.6. The van der Waals surface area contributed by atoms with Crippen molar-refractivity contribution in [2.75, 3.05) is 39.1 Å². The number of rotatable bonds is 12. The minimum Gasteiger partial charge on any atom is -0.493 e. The molecular formula is C29H37ClFN5O4. The molecule has 3 aromatic rings. The van der Waals surface area contributed by atoms with Gasteiger partial charge in [0.25, 0.3) is 11.5 Å². The van der Waals surface area contributed by atoms with Crippen molar-refractivity contribution in [3.8, 4) is 11.4 Å². The van der Waals surface area contributed by atoms with Crippen molar-refractivity contribution < 1.29 is 18.7 Å². The van der Waals surface area contributed by atoms with E-state index in [4.69, 9.17) is 16.3 Å². The molecule has 0 fully saturated rings. The Morgan fingerprint density at radius 2 is 1.82 bits per heavy atom. The summed E-state index contributed by atoms with van der Waals surface area (Å²) in [6, 6.07) is 11.5. The maximum atomic E-state index is 13.9. The number of hydrogen-bond acceptors (Lipinski definition) is 5. The van der Waals surface area contributed by atoms with Crippen LogP contribution in [0.15, 0.2) is 47.3 Å². The normalized spacial score (nSPS) is 11.5. The van der Waals surface area contributed by atoms with Gasteiger partial charge in [-0.25, -0.2) is 9.07 Å². The van der Waals surface area contributed by atoms with Gasteiger partial charge in [-0.2, -0.15) is 0 Å². The van der Waals surface area contributed by atoms with Crippen molar-refractivity contribution in [1.29, 1.82) is 0 Å². The van der Waals surface area contributed by atoms with Crippen molar-refractivity contribution in [1.82, 2.24) is 19.6 Å². The van der Waals surface area contributed by atoms with E-state index in [1.165, 1.54) is 10.7 Å². The number of likely N-dealkylation sites (N-methyl/N-ethyl adjacent to an activating group) is 1. The molecule has 11 heteroatoms. The Labute approximate surface area is 238 Å². The topological polar surface area (TPSA) is 97.6 Å². The highest BCUT2D eigenvalue weighted by atomic mass is 35.5. The maximum Gasteiger partial charge on any atom is 0.295 e. The number of nitrogens with one attached hydrogen (secondary N) is 2. The summed E-state index contributed by atoms with van der Waals surface area (Å²) in [5, 5.41) is 5.44. The predicted molar refractivity (Wildman–Crippen MR) is 155 cm³/mol. The summed E-state index contributed by atoms with van der Waals surface area (Å²) in [5.41, 5.74) is 0.742. The summed E-state index contributed by atoms with van der Waals surface area (Å²) in [6.45, 7) is 6.44. The summed E-state index contributed by atoms with van der Waals surface area (Å²) >= 11 is 5.89. The van der Waals surface area contributed by atoms with Crippen molar-refractivity contribution in [2.24, 2.45) is 12.5 Å². The maximum absolute atomic E-state index is 13.9. The molecular weight excluding hydrogens is 537 g/mol. The van der Waals surface area contributed by atoms with Gasteiger partial charge in [-0.3, -0.25) is 19.1 Å². The number of carbonyl (C=O) groups excluding carboxylic acids is 2. The van der Waals surface area contributed by atoms with Crippen LogP contribution >= 0.6 is 11.6 Å². The zero-order chi connectivity index (χ0) is 29.6. The Morgan fingerprint density at radius 3 is 2.45 bits per heavy atom. The van der Waals surface area contributed by atoms with Gasteiger partial charge in [0.15, 0.2) is 0 Å². The fourth-order valence-electron chi connectivity index (χ4n) is 4.33. The number of carbonyl (C=O) groups is 2. The first-order chi connectivity index (χ1) is 18.8. The van der Waals surface area contributed by atoms with Gasteiger partial charge in [0, 0.05) is 39.0 Å². The first-order valence-corrected chi connectivity index (χ1v) is 13.4. The van der Waals surface area contributed by atoms with Crippen LogP contribution in [0.2, 0.25) is 5.02 Å². The van der Waals surface area contributed by atoms with Crippen molar-refractivity contribution in [2.45, 2.75) is 33.6 Å². The molecule has 0 unspecified atom stereocenters. The molecule has 0 aliphatic rings. The third kappa shape index (κ3) is 7.51. The Hall–Kier alpha value is -3.63. The molecule has 216 valence electrons. The number of ether oxygens (including phenoxy) is 1. The van der Waals surface area contributed by atoms with Gasteiger partial charge in [-0.05, 0) is 44.6 Å². The van der Waals surface area contributed by atoms with Gasteiger partial charge < -0.3 is 20.3 Å². The number of halogens is 2. The predicted octanol–water partition coefficient (Wildman–Crippen LogP) is 4.26. The molecule has 1 heterocycles. The van der Waals surface area contributed by atoms with Gasteiger partial charge in [0.05, 0.1) is 28.6 Å². The smallest absolute Gasteiger partial charge is 0.295 e. The van der Waals surface area contributed by atoms with Gasteiger partial charge in [-0.15, -0.1) is 0 Å². The second kappa shape index (κ2) is 13.1. The van der Waals surface area contributed by atoms with Crippen LogP contribution < -0.4 is 20.9 Å². The average Bonchev–Trinajstić information content (AvgIpc) is 3.11. The van der Waals surface area contributed by atoms with Crippen LogP contribution in [0.4, 0.5) is 10.1 Å². The molecule has 2 aromatic carbocycles. The molecule has 1 aromatic heterocycles. The number of nitrogens with zero attached hydrogens (tertiary/aromatic N) is 3. The Kier molecular flexibility index (Phi) is 10.2. The van der Waals surface area contributed by atoms with Crippen LogP contribution in [0.5, 0.6) is 5.75 Å². The van der Waals surface area contributed by atoms with Crippen LogP contribution in [0, 0.1) is 11.2 Å². The highest BCUT2D eigenvalue weighted by molar-refractivity contribution is 6.31. The molecule has 0 aliphatic heterocycles. The van der Waals surface area contributed by atoms with Gasteiger partial charge >= 0.3 is 0 Å². The van der Waals surface area contributed by atoms with Crippen LogP contribution in [0.25, 0.3) is 5.69 Å². The summed E-state index contributed by atoms with van der Waals surface area (Å²) in [7, 11) is 5.68. The van der Waals surface area contributed by atoms with Gasteiger partial charge in [-0.1, -0.05) is 43.6 Å². The molecule has 0 saturated heterocycles. The van der Waals surface area contributed by atoms with Gasteiger partial charge in [0.1, 0.15) is 17.3 Å². The van der Waals surface area contributed by atoms with Crippen molar-refractivity contribution >= 4 is 29.1 Å². The highest BCUT2D eigenvalue weighted by Crippen LogP contribution is 2.27. The molecule has 3 rings (SSSR count). The van der Waals surface area contributed by atoms with Crippen molar-refractivity contribution in [3.63, 3.8) is 0 Å². The summed E-state index contributed by atoms with van der Waals surface area (Å²) < 4.78 is 22.6. The molecule has 40 heavy (non-hydrogen) atoms. The third-order valence-electron chi connectivity index (χ3n) is 6.38. The monoisotopic (exact) mass is 573 g/mol. The molecule has 0 atom stereocenters. The van der Waals surface area contributed by atoms with Crippen LogP contribution in [0.3, 0.4) is 0 Å². The number of hydrogen-bond donors (Lipinski definition) is 2. The van der Waals surface area contributed by atoms with Crippen molar-refractivity contribution in [3.05, 3.63) is 74.9 Å². The van der Waals surface area contributed by atoms with E-state index in [0.29, 0.717) is 24.3 Å². The van der Waals surface area contributed by atoms with E-state index in [2.05, 4.69) is 10.6 Å². The lowest BCUT2D eigenvalue weighted by Gasteiger charge is -2.24. The molecule has 2 N–H and O–H groups in total. The Balaban J connectivity index is 1.77. The molecule has 2 amide bonds. The lowest BCUT2D eigenvalue weighted by atomic mass is 9.88. The zero-order valence-corrected chi connectivity index (χ0v) is 24.6. The molecule has 0 spiro atoms. The molecule has 0 bridgehead atoms. The number of benzene rings is 2. The van der Waals surface area contributed by atoms with E-state index in [1.807, 2.05) is 63.2 Å². The molecule has 0 saturated carbocycles. The fraction of sp³-hybridized carbons (Fsp3) is 0.414. The number of aromatic nitrogens is 2. The molecule has 0 aliphatic carbocycles. The van der Waals surface area contributed by atoms with E-state index in [1.54, 1.807) is 18.7 Å². The minimum absolute atomic E-state index is 0.0303. The highest BCUT2D eigenvalue weighted by Gasteiger charge is 2.27. The Bertz CT molecular complexity index is 1420. The number of amides is 2. The first-order valence-electron chi connectivity index (χ1n) is 13.1. The Morgan fingerprint density at radius 1 is 1.15 bits per heavy atom. The van der Waals surface area contributed by atoms with Crippen LogP contribution in [0.1, 0.15) is 43.2 Å². The average molecular weight is 574 g/mol. The van der Waals surface area contributed by atoms with E-state index in [9.17, 15) is 18.8 Å². The standard InChI is InChI=1S/C29H37ClFN5O4/c1-7-40-24-16-22(31)21(30)15-20(24)27(38)32-18-29(2,3)17-25(37)33-26-23(13-14-34(4)5)35(6)36(28(26)39)19-11-9-8-10-12-19/h8-12,15-16H,7,13-14,17-18H2,1-6H3,(H,32,38)(H,33,37). The van der Waals surface area contributed by atoms with E-state index in [0.717, 1.165) is 6.07 Å².